The van der Waals surface area contributed by atoms with Crippen molar-refractivity contribution in [1.29, 1.82) is 0 Å². The van der Waals surface area contributed by atoms with Crippen LogP contribution in [0.4, 0.5) is 28.3 Å². The number of hydrogen-bond acceptors (Lipinski definition) is 6. The summed E-state index contributed by atoms with van der Waals surface area (Å²) in [6.07, 6.45) is -5.44. The summed E-state index contributed by atoms with van der Waals surface area (Å²) < 4.78 is 61.2. The largest absolute Gasteiger partial charge is 0.573 e. The summed E-state index contributed by atoms with van der Waals surface area (Å²) in [7, 11) is 0. The molecule has 5 rings (SSSR count). The number of carbonyl (C=O) groups excluding carboxylic acids is 1. The number of rotatable bonds is 5. The van der Waals surface area contributed by atoms with Gasteiger partial charge >= 0.3 is 12.5 Å². The summed E-state index contributed by atoms with van der Waals surface area (Å²) in [6.45, 7) is 0.0742. The molecule has 1 unspecified atom stereocenters. The Balaban J connectivity index is 1.39. The molecule has 0 spiro atoms. The number of nitrogens with zero attached hydrogens (tertiary/aromatic N) is 3. The number of aromatic nitrogens is 2. The van der Waals surface area contributed by atoms with E-state index in [1.807, 2.05) is 30.3 Å². The quantitative estimate of drug-likeness (QED) is 0.347. The molecule has 206 valence electrons. The van der Waals surface area contributed by atoms with E-state index < -0.39 is 30.1 Å². The van der Waals surface area contributed by atoms with Crippen molar-refractivity contribution in [2.24, 2.45) is 0 Å². The fourth-order valence-electron chi connectivity index (χ4n) is 4.57. The van der Waals surface area contributed by atoms with Crippen LogP contribution in [0.3, 0.4) is 0 Å². The van der Waals surface area contributed by atoms with Crippen molar-refractivity contribution in [2.75, 3.05) is 12.3 Å². The number of ether oxygens (including phenoxy) is 2. The second-order valence-corrected chi connectivity index (χ2v) is 8.99. The predicted octanol–water partition coefficient (Wildman–Crippen LogP) is 5.06. The fraction of sp³-hybridized carbons (Fsp3) is 0.179. The molecule has 2 heterocycles. The van der Waals surface area contributed by atoms with Crippen LogP contribution in [-0.4, -0.2) is 33.5 Å². The zero-order chi connectivity index (χ0) is 28.4. The summed E-state index contributed by atoms with van der Waals surface area (Å²) in [6, 6.07) is 18.6. The normalized spacial score (nSPS) is 13.8. The van der Waals surface area contributed by atoms with E-state index in [4.69, 9.17) is 10.5 Å². The Morgan fingerprint density at radius 2 is 1.55 bits per heavy atom. The molecule has 0 aliphatic carbocycles. The van der Waals surface area contributed by atoms with E-state index in [1.165, 1.54) is 33.7 Å². The number of hydrogen-bond donors (Lipinski definition) is 1. The highest BCUT2D eigenvalue weighted by Crippen LogP contribution is 2.29. The lowest BCUT2D eigenvalue weighted by Crippen LogP contribution is -2.43. The van der Waals surface area contributed by atoms with E-state index in [0.29, 0.717) is 16.8 Å². The molecular formula is C28H22F4N4O4. The van der Waals surface area contributed by atoms with E-state index in [2.05, 4.69) is 9.72 Å². The molecule has 1 amide bonds. The lowest BCUT2D eigenvalue weighted by atomic mass is 9.97. The summed E-state index contributed by atoms with van der Waals surface area (Å²) in [4.78, 5) is 32.2. The molecule has 1 atom stereocenters. The number of nitrogens with two attached hydrogens (primary N) is 1. The van der Waals surface area contributed by atoms with Crippen LogP contribution in [0.1, 0.15) is 28.4 Å². The third kappa shape index (κ3) is 5.75. The summed E-state index contributed by atoms with van der Waals surface area (Å²) in [5, 5.41) is 0. The maximum atomic E-state index is 13.7. The number of amides is 1. The van der Waals surface area contributed by atoms with Gasteiger partial charge in [0.15, 0.2) is 0 Å². The molecule has 2 N–H and O–H groups in total. The van der Waals surface area contributed by atoms with Gasteiger partial charge in [0, 0.05) is 12.1 Å². The van der Waals surface area contributed by atoms with Gasteiger partial charge in [0.05, 0.1) is 18.3 Å². The number of benzene rings is 3. The van der Waals surface area contributed by atoms with Gasteiger partial charge in [-0.05, 0) is 53.9 Å². The van der Waals surface area contributed by atoms with Crippen LogP contribution < -0.4 is 20.8 Å². The van der Waals surface area contributed by atoms with Crippen molar-refractivity contribution in [3.05, 3.63) is 117 Å². The smallest absolute Gasteiger partial charge is 0.410 e. The molecule has 1 aliphatic heterocycles. The standard InChI is InChI=1S/C28H22F4N4O4/c29-19-8-6-18(7-9-19)24(17-4-2-1-3-5-17)36-25(37)22-14-15-35(16-23(22)34-26(36)33)27(38)39-20-10-12-21(13-11-20)40-28(30,31)32/h1-13,24H,14-16H2,(H2,33,34). The Kier molecular flexibility index (Phi) is 7.16. The van der Waals surface area contributed by atoms with Gasteiger partial charge in [-0.3, -0.25) is 9.36 Å². The van der Waals surface area contributed by atoms with Gasteiger partial charge in [0.1, 0.15) is 17.3 Å². The topological polar surface area (TPSA) is 99.7 Å². The minimum atomic E-state index is -4.84. The molecule has 40 heavy (non-hydrogen) atoms. The highest BCUT2D eigenvalue weighted by Gasteiger charge is 2.32. The van der Waals surface area contributed by atoms with Crippen molar-refractivity contribution >= 4 is 12.0 Å². The second kappa shape index (κ2) is 10.7. The maximum Gasteiger partial charge on any atom is 0.573 e. The monoisotopic (exact) mass is 554 g/mol. The first-order valence-corrected chi connectivity index (χ1v) is 12.1. The lowest BCUT2D eigenvalue weighted by Gasteiger charge is -2.29. The Morgan fingerprint density at radius 1 is 0.925 bits per heavy atom. The van der Waals surface area contributed by atoms with Crippen molar-refractivity contribution in [3.8, 4) is 11.5 Å². The average molecular weight is 555 g/mol. The van der Waals surface area contributed by atoms with Crippen molar-refractivity contribution in [2.45, 2.75) is 25.4 Å². The third-order valence-electron chi connectivity index (χ3n) is 6.37. The van der Waals surface area contributed by atoms with Gasteiger partial charge in [-0.15, -0.1) is 13.2 Å². The van der Waals surface area contributed by atoms with Crippen molar-refractivity contribution < 1.29 is 31.8 Å². The van der Waals surface area contributed by atoms with Crippen LogP contribution in [0.2, 0.25) is 0 Å². The van der Waals surface area contributed by atoms with Gasteiger partial charge < -0.3 is 20.1 Å². The summed E-state index contributed by atoms with van der Waals surface area (Å²) in [5.41, 5.74) is 8.00. The molecule has 1 aromatic heterocycles. The van der Waals surface area contributed by atoms with Crippen molar-refractivity contribution in [3.63, 3.8) is 0 Å². The van der Waals surface area contributed by atoms with Gasteiger partial charge in [0.25, 0.3) is 5.56 Å². The van der Waals surface area contributed by atoms with Crippen LogP contribution in [0.15, 0.2) is 83.7 Å². The molecule has 0 radical (unpaired) electrons. The van der Waals surface area contributed by atoms with E-state index >= 15 is 0 Å². The number of anilines is 1. The van der Waals surface area contributed by atoms with Crippen LogP contribution in [0.25, 0.3) is 0 Å². The van der Waals surface area contributed by atoms with Gasteiger partial charge in [-0.25, -0.2) is 14.2 Å². The van der Waals surface area contributed by atoms with E-state index in [1.54, 1.807) is 12.1 Å². The van der Waals surface area contributed by atoms with Crippen LogP contribution in [-0.2, 0) is 13.0 Å². The minimum absolute atomic E-state index is 0.0122. The number of carbonyl (C=O) groups is 1. The average Bonchev–Trinajstić information content (AvgIpc) is 2.92. The molecule has 0 bridgehead atoms. The molecule has 8 nitrogen and oxygen atoms in total. The Labute approximate surface area is 225 Å². The van der Waals surface area contributed by atoms with E-state index in [0.717, 1.165) is 17.7 Å². The lowest BCUT2D eigenvalue weighted by molar-refractivity contribution is -0.274. The minimum Gasteiger partial charge on any atom is -0.410 e. The molecule has 4 aromatic rings. The number of fused-ring (bicyclic) bond motifs is 1. The van der Waals surface area contributed by atoms with E-state index in [-0.39, 0.29) is 36.8 Å². The molecule has 1 aliphatic rings. The van der Waals surface area contributed by atoms with Gasteiger partial charge in [-0.2, -0.15) is 0 Å². The molecule has 0 saturated carbocycles. The molecular weight excluding hydrogens is 532 g/mol. The molecule has 3 aromatic carbocycles. The summed E-state index contributed by atoms with van der Waals surface area (Å²) in [5.74, 6) is -0.947. The Hall–Kier alpha value is -4.87. The summed E-state index contributed by atoms with van der Waals surface area (Å²) >= 11 is 0. The zero-order valence-electron chi connectivity index (χ0n) is 20.8. The molecule has 12 heteroatoms. The highest BCUT2D eigenvalue weighted by molar-refractivity contribution is 5.71. The number of alkyl halides is 3. The highest BCUT2D eigenvalue weighted by atomic mass is 19.4. The van der Waals surface area contributed by atoms with Gasteiger partial charge in [-0.1, -0.05) is 42.5 Å². The van der Waals surface area contributed by atoms with Crippen molar-refractivity contribution in [1.82, 2.24) is 14.5 Å². The first-order valence-electron chi connectivity index (χ1n) is 12.1. The third-order valence-corrected chi connectivity index (χ3v) is 6.37. The Bertz CT molecular complexity index is 1570. The molecule has 0 saturated heterocycles. The number of nitrogen functional groups attached to an aromatic ring is 1. The molecule has 0 fully saturated rings. The van der Waals surface area contributed by atoms with Crippen LogP contribution in [0.5, 0.6) is 11.5 Å². The maximum absolute atomic E-state index is 13.7. The van der Waals surface area contributed by atoms with Crippen LogP contribution in [0, 0.1) is 5.82 Å². The second-order valence-electron chi connectivity index (χ2n) is 8.99. The Morgan fingerprint density at radius 3 is 2.20 bits per heavy atom. The van der Waals surface area contributed by atoms with Crippen LogP contribution >= 0.6 is 0 Å². The zero-order valence-corrected chi connectivity index (χ0v) is 20.8. The first kappa shape index (κ1) is 26.7. The number of halogens is 4. The first-order chi connectivity index (χ1) is 19.1. The van der Waals surface area contributed by atoms with Gasteiger partial charge in [0.2, 0.25) is 5.95 Å². The SMILES string of the molecule is Nc1nc2c(c(=O)n1C(c1ccccc1)c1ccc(F)cc1)CCN(C(=O)Oc1ccc(OC(F)(F)F)cc1)C2. The van der Waals surface area contributed by atoms with E-state index in [9.17, 15) is 27.2 Å². The predicted molar refractivity (Wildman–Crippen MR) is 136 cm³/mol. The fourth-order valence-corrected chi connectivity index (χ4v) is 4.57.